The molecule has 1 aliphatic rings. The van der Waals surface area contributed by atoms with Crippen LogP contribution in [-0.4, -0.2) is 37.3 Å². The van der Waals surface area contributed by atoms with E-state index in [9.17, 15) is 13.2 Å². The van der Waals surface area contributed by atoms with Crippen molar-refractivity contribution in [1.29, 1.82) is 0 Å². The molecule has 1 fully saturated rings. The third-order valence-electron chi connectivity index (χ3n) is 4.03. The van der Waals surface area contributed by atoms with Crippen LogP contribution in [0.15, 0.2) is 23.1 Å². The maximum atomic E-state index is 12.0. The molecule has 0 bridgehead atoms. The molecule has 1 aromatic heterocycles. The second-order valence-corrected chi connectivity index (χ2v) is 7.51. The lowest BCUT2D eigenvalue weighted by molar-refractivity contribution is -0.143. The molecule has 0 N–H and O–H groups in total. The number of imidazole rings is 1. The van der Waals surface area contributed by atoms with Gasteiger partial charge in [0.15, 0.2) is 9.84 Å². The van der Waals surface area contributed by atoms with Crippen LogP contribution in [0, 0.1) is 0 Å². The van der Waals surface area contributed by atoms with E-state index in [-0.39, 0.29) is 10.9 Å². The molecule has 1 aliphatic carbocycles. The zero-order valence-electron chi connectivity index (χ0n) is 12.1. The number of methoxy groups -OCH3 is 1. The summed E-state index contributed by atoms with van der Waals surface area (Å²) in [5.74, 6) is 0.347. The number of carbonyl (C=O) groups excluding carboxylic acids is 1. The average molecular weight is 308 g/mol. The van der Waals surface area contributed by atoms with E-state index in [1.54, 1.807) is 18.2 Å². The first-order valence-electron chi connectivity index (χ1n) is 6.55. The van der Waals surface area contributed by atoms with Gasteiger partial charge in [0.25, 0.3) is 0 Å². The number of nitrogens with zero attached hydrogens (tertiary/aromatic N) is 2. The van der Waals surface area contributed by atoms with Gasteiger partial charge in [-0.25, -0.2) is 13.4 Å². The highest BCUT2D eigenvalue weighted by molar-refractivity contribution is 7.90. The quantitative estimate of drug-likeness (QED) is 0.796. The van der Waals surface area contributed by atoms with Gasteiger partial charge in [-0.1, -0.05) is 0 Å². The number of rotatable bonds is 3. The third-order valence-corrected chi connectivity index (χ3v) is 5.14. The minimum atomic E-state index is -3.28. The number of aryl methyl sites for hydroxylation is 1. The fourth-order valence-electron chi connectivity index (χ4n) is 2.68. The molecule has 0 saturated heterocycles. The largest absolute Gasteiger partial charge is 0.468 e. The van der Waals surface area contributed by atoms with Crippen molar-refractivity contribution in [2.75, 3.05) is 13.4 Å². The van der Waals surface area contributed by atoms with Crippen LogP contribution in [0.3, 0.4) is 0 Å². The Labute approximate surface area is 122 Å². The Kier molecular flexibility index (Phi) is 2.88. The highest BCUT2D eigenvalue weighted by atomic mass is 32.2. The topological polar surface area (TPSA) is 78.3 Å². The Hall–Kier alpha value is -1.89. The van der Waals surface area contributed by atoms with Crippen LogP contribution in [0.25, 0.3) is 11.0 Å². The maximum absolute atomic E-state index is 12.0. The lowest BCUT2D eigenvalue weighted by Crippen LogP contribution is -2.25. The molecule has 0 atom stereocenters. The smallest absolute Gasteiger partial charge is 0.319 e. The number of benzene rings is 1. The number of carbonyl (C=O) groups is 1. The van der Waals surface area contributed by atoms with E-state index in [1.807, 2.05) is 11.6 Å². The molecule has 21 heavy (non-hydrogen) atoms. The van der Waals surface area contributed by atoms with Crippen LogP contribution >= 0.6 is 0 Å². The number of esters is 1. The number of hydrogen-bond acceptors (Lipinski definition) is 5. The van der Waals surface area contributed by atoms with Crippen LogP contribution in [0.5, 0.6) is 0 Å². The first-order valence-corrected chi connectivity index (χ1v) is 8.44. The van der Waals surface area contributed by atoms with Crippen LogP contribution in [0.1, 0.15) is 18.7 Å². The molecule has 6 nitrogen and oxygen atoms in total. The second kappa shape index (κ2) is 4.30. The first-order chi connectivity index (χ1) is 9.79. The van der Waals surface area contributed by atoms with Crippen LogP contribution < -0.4 is 0 Å². The van der Waals surface area contributed by atoms with Gasteiger partial charge in [-0.15, -0.1) is 0 Å². The van der Waals surface area contributed by atoms with Crippen molar-refractivity contribution in [3.8, 4) is 0 Å². The molecule has 7 heteroatoms. The van der Waals surface area contributed by atoms with Gasteiger partial charge in [-0.2, -0.15) is 0 Å². The highest BCUT2D eigenvalue weighted by Crippen LogP contribution is 2.49. The standard InChI is InChI=1S/C14H16N2O4S/c1-16-11-5-4-9(21(3,18)19)8-10(11)15-12(16)14(6-7-14)13(17)20-2/h4-5,8H,6-7H2,1-3H3. The van der Waals surface area contributed by atoms with E-state index < -0.39 is 15.3 Å². The first kappa shape index (κ1) is 14.1. The van der Waals surface area contributed by atoms with E-state index in [1.165, 1.54) is 7.11 Å². The van der Waals surface area contributed by atoms with Crippen LogP contribution in [-0.2, 0) is 31.8 Å². The Balaban J connectivity index is 2.19. The Morgan fingerprint density at radius 1 is 1.38 bits per heavy atom. The lowest BCUT2D eigenvalue weighted by atomic mass is 10.1. The molecule has 1 saturated carbocycles. The third kappa shape index (κ3) is 2.03. The summed E-state index contributed by atoms with van der Waals surface area (Å²) in [6, 6.07) is 4.82. The lowest BCUT2D eigenvalue weighted by Gasteiger charge is -2.12. The summed E-state index contributed by atoms with van der Waals surface area (Å²) in [6.07, 6.45) is 2.57. The number of hydrogen-bond donors (Lipinski definition) is 0. The molecule has 2 aromatic rings. The predicted molar refractivity (Wildman–Crippen MR) is 76.8 cm³/mol. The average Bonchev–Trinajstić information content (AvgIpc) is 3.17. The normalized spacial score (nSPS) is 16.9. The number of ether oxygens (including phenoxy) is 1. The molecule has 0 aliphatic heterocycles. The number of aromatic nitrogens is 2. The van der Waals surface area contributed by atoms with Crippen LogP contribution in [0.2, 0.25) is 0 Å². The molecular weight excluding hydrogens is 292 g/mol. The monoisotopic (exact) mass is 308 g/mol. The molecule has 0 radical (unpaired) electrons. The Bertz CT molecular complexity index is 847. The Morgan fingerprint density at radius 2 is 2.05 bits per heavy atom. The van der Waals surface area contributed by atoms with Crippen molar-refractivity contribution >= 4 is 26.8 Å². The summed E-state index contributed by atoms with van der Waals surface area (Å²) in [4.78, 5) is 16.7. The molecule has 1 aromatic carbocycles. The fourth-order valence-corrected chi connectivity index (χ4v) is 3.32. The molecule has 0 unspecified atom stereocenters. The molecule has 0 amide bonds. The van der Waals surface area contributed by atoms with Crippen molar-refractivity contribution in [2.45, 2.75) is 23.2 Å². The zero-order valence-corrected chi connectivity index (χ0v) is 12.9. The van der Waals surface area contributed by atoms with Crippen molar-refractivity contribution in [2.24, 2.45) is 7.05 Å². The minimum Gasteiger partial charge on any atom is -0.468 e. The Morgan fingerprint density at radius 3 is 2.57 bits per heavy atom. The summed E-state index contributed by atoms with van der Waals surface area (Å²) in [5.41, 5.74) is 0.700. The van der Waals surface area contributed by atoms with Crippen molar-refractivity contribution in [3.05, 3.63) is 24.0 Å². The van der Waals surface area contributed by atoms with Gasteiger partial charge in [-0.3, -0.25) is 4.79 Å². The van der Waals surface area contributed by atoms with E-state index in [4.69, 9.17) is 4.74 Å². The van der Waals surface area contributed by atoms with Gasteiger partial charge in [0.2, 0.25) is 0 Å². The summed E-state index contributed by atoms with van der Waals surface area (Å²) in [5, 5.41) is 0. The van der Waals surface area contributed by atoms with Gasteiger partial charge >= 0.3 is 5.97 Å². The van der Waals surface area contributed by atoms with E-state index in [0.717, 1.165) is 11.8 Å². The van der Waals surface area contributed by atoms with Crippen LogP contribution in [0.4, 0.5) is 0 Å². The predicted octanol–water partition coefficient (Wildman–Crippen LogP) is 1.18. The SMILES string of the molecule is COC(=O)C1(c2nc3cc(S(C)(=O)=O)ccc3n2C)CC1. The molecule has 112 valence electrons. The van der Waals surface area contributed by atoms with Crippen molar-refractivity contribution < 1.29 is 17.9 Å². The zero-order chi connectivity index (χ0) is 15.4. The van der Waals surface area contributed by atoms with Gasteiger partial charge in [0.05, 0.1) is 23.0 Å². The molecule has 0 spiro atoms. The summed E-state index contributed by atoms with van der Waals surface area (Å²) < 4.78 is 30.0. The highest BCUT2D eigenvalue weighted by Gasteiger charge is 2.55. The minimum absolute atomic E-state index is 0.225. The van der Waals surface area contributed by atoms with Gasteiger partial charge in [-0.05, 0) is 31.0 Å². The summed E-state index contributed by atoms with van der Waals surface area (Å²) in [7, 11) is -0.0846. The van der Waals surface area contributed by atoms with Crippen molar-refractivity contribution in [3.63, 3.8) is 0 Å². The molecule has 3 rings (SSSR count). The summed E-state index contributed by atoms with van der Waals surface area (Å²) >= 11 is 0. The van der Waals surface area contributed by atoms with Gasteiger partial charge in [0.1, 0.15) is 11.2 Å². The van der Waals surface area contributed by atoms with E-state index >= 15 is 0 Å². The number of sulfone groups is 1. The van der Waals surface area contributed by atoms with Crippen molar-refractivity contribution in [1.82, 2.24) is 9.55 Å². The fraction of sp³-hybridized carbons (Fsp3) is 0.429. The summed E-state index contributed by atoms with van der Waals surface area (Å²) in [6.45, 7) is 0. The van der Waals surface area contributed by atoms with E-state index in [0.29, 0.717) is 24.2 Å². The van der Waals surface area contributed by atoms with E-state index in [2.05, 4.69) is 4.98 Å². The molecule has 1 heterocycles. The molecular formula is C14H16N2O4S. The maximum Gasteiger partial charge on any atom is 0.319 e. The number of fused-ring (bicyclic) bond motifs is 1. The van der Waals surface area contributed by atoms with Gasteiger partial charge in [0, 0.05) is 13.3 Å². The van der Waals surface area contributed by atoms with Gasteiger partial charge < -0.3 is 9.30 Å². The second-order valence-electron chi connectivity index (χ2n) is 5.49.